The molecule has 31 heavy (non-hydrogen) atoms. The fourth-order valence-corrected chi connectivity index (χ4v) is 4.40. The van der Waals surface area contributed by atoms with Crippen molar-refractivity contribution in [1.29, 1.82) is 0 Å². The number of hydrogen-bond donors (Lipinski definition) is 3. The van der Waals surface area contributed by atoms with Gasteiger partial charge in [-0.15, -0.1) is 0 Å². The van der Waals surface area contributed by atoms with Gasteiger partial charge >= 0.3 is 5.97 Å². The van der Waals surface area contributed by atoms with Gasteiger partial charge < -0.3 is 14.9 Å². The number of carbonyl (C=O) groups is 1. The molecule has 3 rings (SSSR count). The van der Waals surface area contributed by atoms with Crippen molar-refractivity contribution in [3.63, 3.8) is 0 Å². The number of halogens is 1. The molecule has 0 aliphatic carbocycles. The van der Waals surface area contributed by atoms with E-state index in [0.717, 1.165) is 0 Å². The van der Waals surface area contributed by atoms with Crippen LogP contribution in [-0.2, 0) is 23.1 Å². The van der Waals surface area contributed by atoms with Crippen LogP contribution in [0.1, 0.15) is 21.5 Å². The van der Waals surface area contributed by atoms with Gasteiger partial charge in [0, 0.05) is 17.7 Å². The summed E-state index contributed by atoms with van der Waals surface area (Å²) < 4.78 is 34.2. The maximum absolute atomic E-state index is 13.0. The highest BCUT2D eigenvalue weighted by molar-refractivity contribution is 7.92. The van der Waals surface area contributed by atoms with Crippen LogP contribution >= 0.6 is 11.6 Å². The first-order valence-corrected chi connectivity index (χ1v) is 11.1. The fourth-order valence-electron chi connectivity index (χ4n) is 2.90. The second-order valence-electron chi connectivity index (χ2n) is 6.62. The third-order valence-electron chi connectivity index (χ3n) is 4.43. The summed E-state index contributed by atoms with van der Waals surface area (Å²) in [5.74, 6) is -0.807. The third-order valence-corrected chi connectivity index (χ3v) is 6.13. The zero-order valence-corrected chi connectivity index (χ0v) is 17.9. The molecule has 0 fully saturated rings. The van der Waals surface area contributed by atoms with Gasteiger partial charge in [0.05, 0.1) is 16.1 Å². The Morgan fingerprint density at radius 2 is 1.74 bits per heavy atom. The van der Waals surface area contributed by atoms with Crippen molar-refractivity contribution in [3.05, 3.63) is 88.4 Å². The van der Waals surface area contributed by atoms with Crippen molar-refractivity contribution in [1.82, 2.24) is 0 Å². The number of sulfonamides is 1. The zero-order valence-electron chi connectivity index (χ0n) is 16.3. The van der Waals surface area contributed by atoms with E-state index in [2.05, 4.69) is 4.72 Å². The topological polar surface area (TPSA) is 113 Å². The van der Waals surface area contributed by atoms with Crippen molar-refractivity contribution in [3.8, 4) is 5.75 Å². The van der Waals surface area contributed by atoms with E-state index in [1.807, 2.05) is 0 Å². The minimum absolute atomic E-state index is 0.0641. The highest BCUT2D eigenvalue weighted by Crippen LogP contribution is 2.31. The maximum atomic E-state index is 13.0. The van der Waals surface area contributed by atoms with Crippen LogP contribution in [0.25, 0.3) is 0 Å². The first-order chi connectivity index (χ1) is 14.8. The molecule has 0 aromatic heterocycles. The lowest BCUT2D eigenvalue weighted by Crippen LogP contribution is -2.16. The summed E-state index contributed by atoms with van der Waals surface area (Å²) in [7, 11) is -3.95. The van der Waals surface area contributed by atoms with E-state index in [1.165, 1.54) is 36.4 Å². The van der Waals surface area contributed by atoms with Crippen LogP contribution in [-0.4, -0.2) is 31.2 Å². The van der Waals surface area contributed by atoms with Crippen LogP contribution in [0.3, 0.4) is 0 Å². The van der Waals surface area contributed by atoms with Gasteiger partial charge in [0.2, 0.25) is 0 Å². The van der Waals surface area contributed by atoms with E-state index in [4.69, 9.17) is 21.4 Å². The number of benzene rings is 3. The summed E-state index contributed by atoms with van der Waals surface area (Å²) in [5.41, 5.74) is 1.55. The fraction of sp³-hybridized carbons (Fsp3) is 0.136. The molecular formula is C22H20ClNO6S. The summed E-state index contributed by atoms with van der Waals surface area (Å²) in [5, 5.41) is 18.6. The Labute approximate surface area is 184 Å². The first kappa shape index (κ1) is 22.6. The Morgan fingerprint density at radius 3 is 2.42 bits per heavy atom. The Balaban J connectivity index is 1.83. The second kappa shape index (κ2) is 9.82. The van der Waals surface area contributed by atoms with Gasteiger partial charge in [-0.25, -0.2) is 13.2 Å². The van der Waals surface area contributed by atoms with Crippen LogP contribution in [0.5, 0.6) is 5.75 Å². The van der Waals surface area contributed by atoms with Gasteiger partial charge in [-0.1, -0.05) is 41.9 Å². The Hall–Kier alpha value is -3.07. The number of carboxylic acid groups (broad SMARTS) is 1. The molecule has 0 bridgehead atoms. The molecule has 3 N–H and O–H groups in total. The molecule has 3 aromatic rings. The lowest BCUT2D eigenvalue weighted by molar-refractivity contribution is 0.0697. The summed E-state index contributed by atoms with van der Waals surface area (Å²) >= 11 is 6.06. The molecule has 0 aliphatic rings. The number of rotatable bonds is 9. The number of anilines is 1. The minimum Gasteiger partial charge on any atom is -0.487 e. The van der Waals surface area contributed by atoms with Gasteiger partial charge in [0.25, 0.3) is 10.0 Å². The molecule has 0 amide bonds. The molecule has 7 nitrogen and oxygen atoms in total. The molecule has 0 heterocycles. The van der Waals surface area contributed by atoms with Gasteiger partial charge in [0.1, 0.15) is 12.4 Å². The Bertz CT molecular complexity index is 1180. The summed E-state index contributed by atoms with van der Waals surface area (Å²) in [6.45, 7) is -0.0986. The van der Waals surface area contributed by atoms with Crippen molar-refractivity contribution in [2.24, 2.45) is 0 Å². The van der Waals surface area contributed by atoms with Crippen molar-refractivity contribution < 1.29 is 28.2 Å². The van der Waals surface area contributed by atoms with Gasteiger partial charge in [-0.05, 0) is 47.9 Å². The van der Waals surface area contributed by atoms with Crippen LogP contribution in [0.15, 0.2) is 71.6 Å². The highest BCUT2D eigenvalue weighted by Gasteiger charge is 2.20. The number of aromatic carboxylic acids is 1. The number of aliphatic hydroxyl groups excluding tert-OH is 1. The highest BCUT2D eigenvalue weighted by atomic mass is 35.5. The molecule has 0 unspecified atom stereocenters. The van der Waals surface area contributed by atoms with Crippen molar-refractivity contribution in [2.45, 2.75) is 17.9 Å². The average Bonchev–Trinajstić information content (AvgIpc) is 2.74. The summed E-state index contributed by atoms with van der Waals surface area (Å²) in [4.78, 5) is 11.0. The van der Waals surface area contributed by atoms with E-state index >= 15 is 0 Å². The Kier molecular flexibility index (Phi) is 7.17. The molecule has 0 saturated carbocycles. The number of ether oxygens (including phenoxy) is 1. The molecule has 0 radical (unpaired) electrons. The molecule has 162 valence electrons. The normalized spacial score (nSPS) is 11.2. The first-order valence-electron chi connectivity index (χ1n) is 9.26. The predicted molar refractivity (Wildman–Crippen MR) is 117 cm³/mol. The number of nitrogens with one attached hydrogen (secondary N) is 1. The van der Waals surface area contributed by atoms with E-state index < -0.39 is 16.0 Å². The summed E-state index contributed by atoms with van der Waals surface area (Å²) in [6.07, 6.45) is 0.202. The van der Waals surface area contributed by atoms with Gasteiger partial charge in [0.15, 0.2) is 0 Å². The van der Waals surface area contributed by atoms with Crippen molar-refractivity contribution >= 4 is 33.3 Å². The zero-order chi connectivity index (χ0) is 22.4. The maximum Gasteiger partial charge on any atom is 0.335 e. The number of hydrogen-bond acceptors (Lipinski definition) is 5. The molecule has 0 spiro atoms. The molecule has 9 heteroatoms. The minimum atomic E-state index is -3.95. The van der Waals surface area contributed by atoms with E-state index in [-0.39, 0.29) is 41.5 Å². The average molecular weight is 462 g/mol. The number of carboxylic acids is 1. The number of aliphatic hydroxyl groups is 1. The molecular weight excluding hydrogens is 442 g/mol. The lowest BCUT2D eigenvalue weighted by atomic mass is 10.1. The van der Waals surface area contributed by atoms with Crippen LogP contribution < -0.4 is 9.46 Å². The van der Waals surface area contributed by atoms with E-state index in [0.29, 0.717) is 16.1 Å². The Morgan fingerprint density at radius 1 is 1.03 bits per heavy atom. The van der Waals surface area contributed by atoms with E-state index in [9.17, 15) is 18.3 Å². The third kappa shape index (κ3) is 5.75. The standard InChI is InChI=1S/C22H20ClNO6S/c23-18-9-10-19(24-31(28,29)21-4-2-1-3-16(21)11-12-25)20(13-18)30-14-15-5-7-17(8-6-15)22(26)27/h1-10,13,24-25H,11-12,14H2,(H,26,27). The van der Waals surface area contributed by atoms with Crippen LogP contribution in [0.2, 0.25) is 5.02 Å². The lowest BCUT2D eigenvalue weighted by Gasteiger charge is -2.16. The smallest absolute Gasteiger partial charge is 0.335 e. The molecule has 3 aromatic carbocycles. The van der Waals surface area contributed by atoms with Gasteiger partial charge in [-0.2, -0.15) is 0 Å². The van der Waals surface area contributed by atoms with Gasteiger partial charge in [-0.3, -0.25) is 4.72 Å². The molecule has 0 saturated heterocycles. The van der Waals surface area contributed by atoms with E-state index in [1.54, 1.807) is 30.3 Å². The monoisotopic (exact) mass is 461 g/mol. The SMILES string of the molecule is O=C(O)c1ccc(COc2cc(Cl)ccc2NS(=O)(=O)c2ccccc2CCO)cc1. The quantitative estimate of drug-likeness (QED) is 0.444. The molecule has 0 atom stereocenters. The van der Waals surface area contributed by atoms with Crippen molar-refractivity contribution in [2.75, 3.05) is 11.3 Å². The largest absolute Gasteiger partial charge is 0.487 e. The predicted octanol–water partition coefficient (Wildman–Crippen LogP) is 3.95. The van der Waals surface area contributed by atoms with Crippen LogP contribution in [0.4, 0.5) is 5.69 Å². The van der Waals surface area contributed by atoms with Crippen LogP contribution in [0, 0.1) is 0 Å². The second-order valence-corrected chi connectivity index (χ2v) is 8.71. The summed E-state index contributed by atoms with van der Waals surface area (Å²) in [6, 6.07) is 17.1. The molecule has 0 aliphatic heterocycles.